The molecule has 0 aromatic carbocycles. The molecular formula is C22H28N4OS2. The van der Waals surface area contributed by atoms with E-state index in [0.717, 1.165) is 36.6 Å². The molecule has 0 spiro atoms. The number of thiophene rings is 2. The molecule has 29 heavy (non-hydrogen) atoms. The molecule has 0 unspecified atom stereocenters. The van der Waals surface area contributed by atoms with Crippen molar-refractivity contribution < 1.29 is 4.79 Å². The quantitative estimate of drug-likeness (QED) is 0.585. The second-order valence-corrected chi connectivity index (χ2v) is 9.85. The Kier molecular flexibility index (Phi) is 5.81. The molecule has 0 aliphatic carbocycles. The Labute approximate surface area is 180 Å². The van der Waals surface area contributed by atoms with Gasteiger partial charge in [0, 0.05) is 47.3 Å². The molecule has 2 N–H and O–H groups in total. The molecule has 1 aliphatic rings. The molecule has 0 bridgehead atoms. The Morgan fingerprint density at radius 3 is 2.55 bits per heavy atom. The maximum atomic E-state index is 12.6. The van der Waals surface area contributed by atoms with Gasteiger partial charge in [-0.3, -0.25) is 10.2 Å². The number of nitrogens with one attached hydrogen (secondary N) is 2. The third kappa shape index (κ3) is 3.99. The summed E-state index contributed by atoms with van der Waals surface area (Å²) in [6.07, 6.45) is 5.21. The van der Waals surface area contributed by atoms with Crippen molar-refractivity contribution in [2.24, 2.45) is 0 Å². The SMILES string of the molecule is CCN1CCc2c(sc(-n3cccc3)c2CNC(=O)Nc2sc(C)c(C)c2C)C1. The van der Waals surface area contributed by atoms with Crippen LogP contribution in [-0.4, -0.2) is 28.6 Å². The largest absolute Gasteiger partial charge is 0.334 e. The number of hydrogen-bond acceptors (Lipinski definition) is 4. The molecule has 3 aromatic rings. The third-order valence-corrected chi connectivity index (χ3v) is 8.35. The summed E-state index contributed by atoms with van der Waals surface area (Å²) in [5.74, 6) is 0. The number of aromatic nitrogens is 1. The summed E-state index contributed by atoms with van der Waals surface area (Å²) >= 11 is 3.49. The van der Waals surface area contributed by atoms with E-state index in [9.17, 15) is 4.79 Å². The normalized spacial score (nSPS) is 14.1. The zero-order valence-corrected chi connectivity index (χ0v) is 19.1. The first-order chi connectivity index (χ1) is 14.0. The van der Waals surface area contributed by atoms with E-state index in [4.69, 9.17) is 0 Å². The summed E-state index contributed by atoms with van der Waals surface area (Å²) in [5, 5.41) is 8.30. The lowest BCUT2D eigenvalue weighted by Gasteiger charge is -2.25. The van der Waals surface area contributed by atoms with Crippen LogP contribution < -0.4 is 10.6 Å². The third-order valence-electron chi connectivity index (χ3n) is 5.85. The van der Waals surface area contributed by atoms with Gasteiger partial charge in [-0.15, -0.1) is 22.7 Å². The summed E-state index contributed by atoms with van der Waals surface area (Å²) in [4.78, 5) is 17.8. The molecule has 3 aromatic heterocycles. The number of carbonyl (C=O) groups excluding carboxylic acids is 1. The molecule has 0 saturated heterocycles. The zero-order chi connectivity index (χ0) is 20.5. The summed E-state index contributed by atoms with van der Waals surface area (Å²) in [6, 6.07) is 3.95. The molecule has 0 atom stereocenters. The highest BCUT2D eigenvalue weighted by Crippen LogP contribution is 2.36. The fourth-order valence-electron chi connectivity index (χ4n) is 3.81. The van der Waals surface area contributed by atoms with E-state index in [1.54, 1.807) is 11.3 Å². The van der Waals surface area contributed by atoms with E-state index < -0.39 is 0 Å². The van der Waals surface area contributed by atoms with Crippen molar-refractivity contribution in [1.29, 1.82) is 0 Å². The number of carbonyl (C=O) groups is 1. The number of amides is 2. The average molecular weight is 429 g/mol. The summed E-state index contributed by atoms with van der Waals surface area (Å²) in [6.45, 7) is 12.2. The Bertz CT molecular complexity index is 1020. The molecule has 7 heteroatoms. The highest BCUT2D eigenvalue weighted by molar-refractivity contribution is 7.16. The monoisotopic (exact) mass is 428 g/mol. The van der Waals surface area contributed by atoms with Gasteiger partial charge in [-0.1, -0.05) is 6.92 Å². The van der Waals surface area contributed by atoms with Gasteiger partial charge < -0.3 is 9.88 Å². The van der Waals surface area contributed by atoms with Crippen LogP contribution in [0.4, 0.5) is 9.80 Å². The molecular weight excluding hydrogens is 400 g/mol. The number of urea groups is 1. The minimum absolute atomic E-state index is 0.140. The first kappa shape index (κ1) is 20.2. The Morgan fingerprint density at radius 1 is 1.14 bits per heavy atom. The molecule has 4 rings (SSSR count). The second-order valence-electron chi connectivity index (χ2n) is 7.54. The van der Waals surface area contributed by atoms with E-state index in [0.29, 0.717) is 6.54 Å². The topological polar surface area (TPSA) is 49.3 Å². The molecule has 2 amide bonds. The number of anilines is 1. The fourth-order valence-corrected chi connectivity index (χ4v) is 6.25. The predicted molar refractivity (Wildman–Crippen MR) is 123 cm³/mol. The molecule has 154 valence electrons. The van der Waals surface area contributed by atoms with Crippen LogP contribution in [0.1, 0.15) is 38.9 Å². The van der Waals surface area contributed by atoms with Crippen molar-refractivity contribution in [2.75, 3.05) is 18.4 Å². The van der Waals surface area contributed by atoms with Gasteiger partial charge in [0.2, 0.25) is 0 Å². The van der Waals surface area contributed by atoms with Gasteiger partial charge in [0.05, 0.1) is 5.00 Å². The molecule has 0 fully saturated rings. The van der Waals surface area contributed by atoms with Crippen LogP contribution in [0.5, 0.6) is 0 Å². The van der Waals surface area contributed by atoms with Crippen molar-refractivity contribution in [3.05, 3.63) is 56.5 Å². The fraction of sp³-hybridized carbons (Fsp3) is 0.409. The first-order valence-corrected chi connectivity index (χ1v) is 11.7. The number of likely N-dealkylation sites (N-methyl/N-ethyl adjacent to an activating group) is 1. The minimum Gasteiger partial charge on any atom is -0.334 e. The average Bonchev–Trinajstić information content (AvgIpc) is 3.42. The zero-order valence-electron chi connectivity index (χ0n) is 17.5. The van der Waals surface area contributed by atoms with Gasteiger partial charge >= 0.3 is 6.03 Å². The maximum absolute atomic E-state index is 12.6. The summed E-state index contributed by atoms with van der Waals surface area (Å²) in [5.41, 5.74) is 5.08. The van der Waals surface area contributed by atoms with Crippen LogP contribution in [0, 0.1) is 20.8 Å². The van der Waals surface area contributed by atoms with E-state index in [1.165, 1.54) is 31.4 Å². The number of hydrogen-bond donors (Lipinski definition) is 2. The van der Waals surface area contributed by atoms with Gasteiger partial charge in [0.25, 0.3) is 0 Å². The smallest absolute Gasteiger partial charge is 0.320 e. The highest BCUT2D eigenvalue weighted by Gasteiger charge is 2.24. The van der Waals surface area contributed by atoms with Crippen LogP contribution in [0.2, 0.25) is 0 Å². The lowest BCUT2D eigenvalue weighted by molar-refractivity contribution is 0.251. The Morgan fingerprint density at radius 2 is 1.90 bits per heavy atom. The molecule has 4 heterocycles. The van der Waals surface area contributed by atoms with Gasteiger partial charge in [0.1, 0.15) is 5.00 Å². The second kappa shape index (κ2) is 8.34. The van der Waals surface area contributed by atoms with Crippen LogP contribution in [0.3, 0.4) is 0 Å². The Hall–Kier alpha value is -2.09. The maximum Gasteiger partial charge on any atom is 0.320 e. The van der Waals surface area contributed by atoms with Crippen LogP contribution >= 0.6 is 22.7 Å². The summed E-state index contributed by atoms with van der Waals surface area (Å²) in [7, 11) is 0. The molecule has 1 aliphatic heterocycles. The van der Waals surface area contributed by atoms with Gasteiger partial charge in [-0.2, -0.15) is 0 Å². The van der Waals surface area contributed by atoms with Crippen LogP contribution in [-0.2, 0) is 19.5 Å². The first-order valence-electron chi connectivity index (χ1n) is 10.1. The van der Waals surface area contributed by atoms with Gasteiger partial charge in [-0.25, -0.2) is 4.79 Å². The molecule has 0 radical (unpaired) electrons. The van der Waals surface area contributed by atoms with Crippen LogP contribution in [0.15, 0.2) is 24.5 Å². The predicted octanol–water partition coefficient (Wildman–Crippen LogP) is 5.23. The van der Waals surface area contributed by atoms with E-state index in [1.807, 2.05) is 23.5 Å². The van der Waals surface area contributed by atoms with Crippen molar-refractivity contribution in [3.8, 4) is 5.00 Å². The van der Waals surface area contributed by atoms with Gasteiger partial charge in [-0.05, 0) is 62.6 Å². The Balaban J connectivity index is 1.54. The highest BCUT2D eigenvalue weighted by atomic mass is 32.1. The van der Waals surface area contributed by atoms with Crippen molar-refractivity contribution in [3.63, 3.8) is 0 Å². The number of nitrogens with zero attached hydrogens (tertiary/aromatic N) is 2. The number of aryl methyl sites for hydroxylation is 1. The van der Waals surface area contributed by atoms with E-state index in [-0.39, 0.29) is 6.03 Å². The lowest BCUT2D eigenvalue weighted by Crippen LogP contribution is -2.31. The summed E-state index contributed by atoms with van der Waals surface area (Å²) < 4.78 is 2.17. The van der Waals surface area contributed by atoms with E-state index >= 15 is 0 Å². The van der Waals surface area contributed by atoms with Crippen molar-refractivity contribution >= 4 is 33.7 Å². The van der Waals surface area contributed by atoms with Crippen molar-refractivity contribution in [2.45, 2.75) is 47.2 Å². The number of fused-ring (bicyclic) bond motifs is 1. The van der Waals surface area contributed by atoms with Crippen LogP contribution in [0.25, 0.3) is 5.00 Å². The van der Waals surface area contributed by atoms with Crippen molar-refractivity contribution in [1.82, 2.24) is 14.8 Å². The van der Waals surface area contributed by atoms with E-state index in [2.05, 4.69) is 60.2 Å². The minimum atomic E-state index is -0.140. The molecule has 5 nitrogen and oxygen atoms in total. The van der Waals surface area contributed by atoms with Gasteiger partial charge in [0.15, 0.2) is 0 Å². The lowest BCUT2D eigenvalue weighted by atomic mass is 10.0. The number of rotatable bonds is 5. The molecule has 0 saturated carbocycles. The standard InChI is InChI=1S/C22H28N4OS2/c1-5-25-11-8-17-18(21(29-19(17)13-25)26-9-6-7-10-26)12-23-22(27)24-20-15(3)14(2)16(4)28-20/h6-7,9-10H,5,8,11-13H2,1-4H3,(H2,23,24,27).